The van der Waals surface area contributed by atoms with Crippen LogP contribution in [0.5, 0.6) is 0 Å². The number of hydrogen-bond donors (Lipinski definition) is 0. The van der Waals surface area contributed by atoms with Crippen molar-refractivity contribution in [2.24, 2.45) is 5.41 Å². The van der Waals surface area contributed by atoms with Crippen molar-refractivity contribution in [2.45, 2.75) is 38.5 Å². The van der Waals surface area contributed by atoms with Gasteiger partial charge in [0, 0.05) is 50.7 Å². The van der Waals surface area contributed by atoms with E-state index in [0.29, 0.717) is 44.9 Å². The van der Waals surface area contributed by atoms with Crippen molar-refractivity contribution in [2.75, 3.05) is 50.7 Å². The van der Waals surface area contributed by atoms with Gasteiger partial charge in [-0.1, -0.05) is 31.2 Å². The number of carbonyl (C=O) groups is 1. The van der Waals surface area contributed by atoms with Gasteiger partial charge >= 0.3 is 0 Å². The number of alkyl halides is 2. The lowest BCUT2D eigenvalue weighted by Crippen LogP contribution is -2.52. The Balaban J connectivity index is 1.17. The van der Waals surface area contributed by atoms with Crippen molar-refractivity contribution in [3.05, 3.63) is 54.4 Å². The van der Waals surface area contributed by atoms with Crippen LogP contribution in [-0.2, 0) is 4.79 Å². The molecule has 3 aromatic rings. The van der Waals surface area contributed by atoms with Gasteiger partial charge in [0.25, 0.3) is 6.43 Å². The van der Waals surface area contributed by atoms with Gasteiger partial charge in [-0.25, -0.2) is 13.3 Å². The number of piperazine rings is 1. The topological polar surface area (TPSA) is 44.1 Å². The first-order valence-corrected chi connectivity index (χ1v) is 13.1. The second-order valence-electron chi connectivity index (χ2n) is 10.5. The Morgan fingerprint density at radius 1 is 1.06 bits per heavy atom. The second kappa shape index (κ2) is 9.14. The van der Waals surface area contributed by atoms with Crippen LogP contribution in [0.25, 0.3) is 16.6 Å². The van der Waals surface area contributed by atoms with Crippen LogP contribution in [0.2, 0.25) is 0 Å². The fourth-order valence-electron chi connectivity index (χ4n) is 5.89. The molecule has 3 aliphatic rings. The largest absolute Gasteiger partial charge is 0.366 e. The van der Waals surface area contributed by atoms with Crippen molar-refractivity contribution < 1.29 is 13.6 Å². The third kappa shape index (κ3) is 4.05. The SMILES string of the molecule is CCN1CCC(c2ccc(-c3cc4c(N5CCN(C(=O)C6(C(F)F)CC6)CC5)ccnn4c3)cc2)C1. The van der Waals surface area contributed by atoms with Gasteiger partial charge in [0.15, 0.2) is 0 Å². The van der Waals surface area contributed by atoms with Gasteiger partial charge in [0.05, 0.1) is 11.2 Å². The van der Waals surface area contributed by atoms with Crippen LogP contribution < -0.4 is 4.90 Å². The van der Waals surface area contributed by atoms with Gasteiger partial charge in [0.1, 0.15) is 5.41 Å². The Kier molecular flexibility index (Phi) is 5.94. The van der Waals surface area contributed by atoms with E-state index in [1.54, 1.807) is 11.1 Å². The van der Waals surface area contributed by atoms with E-state index in [1.165, 1.54) is 18.5 Å². The van der Waals surface area contributed by atoms with Crippen molar-refractivity contribution in [3.63, 3.8) is 0 Å². The third-order valence-corrected chi connectivity index (χ3v) is 8.46. The average Bonchev–Trinajstić information content (AvgIpc) is 3.39. The number of fused-ring (bicyclic) bond motifs is 1. The number of likely N-dealkylation sites (tertiary alicyclic amines) is 1. The maximum absolute atomic E-state index is 13.4. The van der Waals surface area contributed by atoms with E-state index in [2.05, 4.69) is 58.4 Å². The zero-order valence-corrected chi connectivity index (χ0v) is 20.7. The highest BCUT2D eigenvalue weighted by molar-refractivity contribution is 5.86. The quantitative estimate of drug-likeness (QED) is 0.507. The highest BCUT2D eigenvalue weighted by Crippen LogP contribution is 2.52. The van der Waals surface area contributed by atoms with Crippen LogP contribution >= 0.6 is 0 Å². The summed E-state index contributed by atoms with van der Waals surface area (Å²) in [5, 5.41) is 4.52. The molecule has 1 unspecified atom stereocenters. The zero-order valence-electron chi connectivity index (χ0n) is 20.7. The third-order valence-electron chi connectivity index (χ3n) is 8.46. The molecule has 36 heavy (non-hydrogen) atoms. The van der Waals surface area contributed by atoms with E-state index in [9.17, 15) is 13.6 Å². The van der Waals surface area contributed by atoms with E-state index < -0.39 is 11.8 Å². The summed E-state index contributed by atoms with van der Waals surface area (Å²) in [6.07, 6.45) is 3.11. The summed E-state index contributed by atoms with van der Waals surface area (Å²) in [4.78, 5) is 19.1. The lowest BCUT2D eigenvalue weighted by Gasteiger charge is -2.37. The Bertz CT molecular complexity index is 1240. The zero-order chi connectivity index (χ0) is 24.9. The van der Waals surface area contributed by atoms with Crippen molar-refractivity contribution in [3.8, 4) is 11.1 Å². The van der Waals surface area contributed by atoms with E-state index in [4.69, 9.17) is 0 Å². The van der Waals surface area contributed by atoms with E-state index in [-0.39, 0.29) is 5.91 Å². The summed E-state index contributed by atoms with van der Waals surface area (Å²) in [6, 6.07) is 13.1. The van der Waals surface area contributed by atoms with Crippen LogP contribution in [-0.4, -0.2) is 77.6 Å². The molecule has 4 heterocycles. The summed E-state index contributed by atoms with van der Waals surface area (Å²) < 4.78 is 28.7. The smallest absolute Gasteiger partial charge is 0.252 e. The molecule has 2 aromatic heterocycles. The Hall–Kier alpha value is -3.00. The number of benzene rings is 1. The number of nitrogens with zero attached hydrogens (tertiary/aromatic N) is 5. The molecule has 1 aromatic carbocycles. The Morgan fingerprint density at radius 3 is 2.44 bits per heavy atom. The molecule has 190 valence electrons. The summed E-state index contributed by atoms with van der Waals surface area (Å²) in [5.74, 6) is 0.242. The molecule has 3 fully saturated rings. The van der Waals surface area contributed by atoms with Gasteiger partial charge in [0.2, 0.25) is 5.91 Å². The molecule has 1 saturated carbocycles. The highest BCUT2D eigenvalue weighted by Gasteiger charge is 2.59. The van der Waals surface area contributed by atoms with Crippen molar-refractivity contribution >= 4 is 17.1 Å². The van der Waals surface area contributed by atoms with Gasteiger partial charge in [-0.3, -0.25) is 4.79 Å². The lowest BCUT2D eigenvalue weighted by molar-refractivity contribution is -0.143. The lowest BCUT2D eigenvalue weighted by atomic mass is 9.96. The van der Waals surface area contributed by atoms with Crippen LogP contribution in [0.3, 0.4) is 0 Å². The molecule has 1 aliphatic carbocycles. The highest BCUT2D eigenvalue weighted by atomic mass is 19.3. The fraction of sp³-hybridized carbons (Fsp3) is 0.500. The predicted molar refractivity (Wildman–Crippen MR) is 137 cm³/mol. The first kappa shape index (κ1) is 23.4. The predicted octanol–water partition coefficient (Wildman–Crippen LogP) is 4.50. The summed E-state index contributed by atoms with van der Waals surface area (Å²) in [7, 11) is 0. The standard InChI is InChI=1S/C28H33F2N5O/c1-2-32-12-8-22(18-32)20-3-5-21(6-4-20)23-17-25-24(7-11-31-35(25)19-23)33-13-15-34(16-14-33)27(36)28(9-10-28)26(29)30/h3-7,11,17,19,22,26H,2,8-10,12-16,18H2,1H3. The maximum atomic E-state index is 13.4. The number of carbonyl (C=O) groups excluding carboxylic acids is 1. The summed E-state index contributed by atoms with van der Waals surface area (Å²) in [6.45, 7) is 7.83. The van der Waals surface area contributed by atoms with Gasteiger partial charge in [-0.2, -0.15) is 5.10 Å². The van der Waals surface area contributed by atoms with Crippen LogP contribution in [0.4, 0.5) is 14.5 Å². The molecule has 0 bridgehead atoms. The number of aromatic nitrogens is 2. The minimum atomic E-state index is -2.57. The Labute approximate surface area is 210 Å². The van der Waals surface area contributed by atoms with Crippen LogP contribution in [0, 0.1) is 5.41 Å². The number of amides is 1. The number of halogens is 2. The maximum Gasteiger partial charge on any atom is 0.252 e. The minimum Gasteiger partial charge on any atom is -0.366 e. The van der Waals surface area contributed by atoms with E-state index in [1.807, 2.05) is 10.6 Å². The molecule has 0 N–H and O–H groups in total. The molecule has 2 saturated heterocycles. The molecule has 0 spiro atoms. The summed E-state index contributed by atoms with van der Waals surface area (Å²) in [5.41, 5.74) is 4.34. The van der Waals surface area contributed by atoms with Gasteiger partial charge in [-0.05, 0) is 61.5 Å². The number of rotatable bonds is 6. The second-order valence-corrected chi connectivity index (χ2v) is 10.5. The van der Waals surface area contributed by atoms with Crippen molar-refractivity contribution in [1.82, 2.24) is 19.4 Å². The fourth-order valence-corrected chi connectivity index (χ4v) is 5.89. The summed E-state index contributed by atoms with van der Waals surface area (Å²) >= 11 is 0. The monoisotopic (exact) mass is 493 g/mol. The number of likely N-dealkylation sites (N-methyl/N-ethyl adjacent to an activating group) is 1. The van der Waals surface area contributed by atoms with Gasteiger partial charge < -0.3 is 14.7 Å². The van der Waals surface area contributed by atoms with E-state index >= 15 is 0 Å². The molecular formula is C28H33F2N5O. The molecular weight excluding hydrogens is 460 g/mol. The molecule has 8 heteroatoms. The number of hydrogen-bond acceptors (Lipinski definition) is 4. The molecule has 6 nitrogen and oxygen atoms in total. The molecule has 2 aliphatic heterocycles. The first-order valence-electron chi connectivity index (χ1n) is 13.1. The first-order chi connectivity index (χ1) is 17.5. The molecule has 6 rings (SSSR count). The van der Waals surface area contributed by atoms with Crippen LogP contribution in [0.15, 0.2) is 48.8 Å². The Morgan fingerprint density at radius 2 is 1.81 bits per heavy atom. The molecule has 1 amide bonds. The van der Waals surface area contributed by atoms with Gasteiger partial charge in [-0.15, -0.1) is 0 Å². The number of anilines is 1. The normalized spacial score (nSPS) is 22.1. The minimum absolute atomic E-state index is 0.306. The molecule has 0 radical (unpaired) electrons. The van der Waals surface area contributed by atoms with Crippen molar-refractivity contribution in [1.29, 1.82) is 0 Å². The van der Waals surface area contributed by atoms with Crippen LogP contribution in [0.1, 0.15) is 37.7 Å². The molecule has 1 atom stereocenters. The average molecular weight is 494 g/mol. The van der Waals surface area contributed by atoms with E-state index in [0.717, 1.165) is 35.4 Å².